The van der Waals surface area contributed by atoms with E-state index < -0.39 is 0 Å². The first-order chi connectivity index (χ1) is 13.1. The fourth-order valence-electron chi connectivity index (χ4n) is 3.30. The molecule has 0 radical (unpaired) electrons. The summed E-state index contributed by atoms with van der Waals surface area (Å²) in [6.07, 6.45) is 5.65. The van der Waals surface area contributed by atoms with Crippen molar-refractivity contribution in [1.29, 1.82) is 0 Å². The van der Waals surface area contributed by atoms with Crippen molar-refractivity contribution >= 4 is 28.9 Å². The van der Waals surface area contributed by atoms with Crippen LogP contribution in [-0.2, 0) is 7.05 Å². The third-order valence-electron chi connectivity index (χ3n) is 4.79. The van der Waals surface area contributed by atoms with Crippen LogP contribution in [0, 0.1) is 13.8 Å². The molecule has 4 aromatic rings. The van der Waals surface area contributed by atoms with Crippen LogP contribution in [0.25, 0.3) is 27.3 Å². The predicted molar refractivity (Wildman–Crippen MR) is 108 cm³/mol. The van der Waals surface area contributed by atoms with Crippen LogP contribution in [0.4, 0.5) is 0 Å². The summed E-state index contributed by atoms with van der Waals surface area (Å²) in [6.45, 7) is 4.68. The molecule has 0 N–H and O–H groups in total. The number of aryl methyl sites for hydroxylation is 2. The van der Waals surface area contributed by atoms with E-state index in [2.05, 4.69) is 26.2 Å². The Bertz CT molecular complexity index is 1240. The number of aromatic nitrogens is 5. The molecule has 0 bridgehead atoms. The Balaban J connectivity index is 1.77. The molecule has 7 nitrogen and oxygen atoms in total. The highest BCUT2D eigenvalue weighted by Gasteiger charge is 2.24. The molecule has 0 aromatic carbocycles. The van der Waals surface area contributed by atoms with Gasteiger partial charge in [-0.05, 0) is 26.0 Å². The Morgan fingerprint density at radius 2 is 2.07 bits per heavy atom. The molecular formula is C19H17N7S. The lowest BCUT2D eigenvalue weighted by Crippen LogP contribution is -1.96. The summed E-state index contributed by atoms with van der Waals surface area (Å²) >= 11 is 1.61. The van der Waals surface area contributed by atoms with Crippen molar-refractivity contribution in [2.75, 3.05) is 6.54 Å². The Labute approximate surface area is 159 Å². The van der Waals surface area contributed by atoms with Gasteiger partial charge >= 0.3 is 0 Å². The summed E-state index contributed by atoms with van der Waals surface area (Å²) < 4.78 is 3.75. The Morgan fingerprint density at radius 3 is 2.81 bits per heavy atom. The second kappa shape index (κ2) is 5.95. The van der Waals surface area contributed by atoms with Crippen molar-refractivity contribution < 1.29 is 0 Å². The minimum absolute atomic E-state index is 0.615. The van der Waals surface area contributed by atoms with Gasteiger partial charge in [0, 0.05) is 30.7 Å². The standard InChI is InChI=1S/C19H17N7S/c1-11-15(14-6-4-5-9-26(14)24-11)19-23-16(13-10-22-25(3)12(13)2)17(27-19)18-20-7-8-21-18/h4-7,9-10H,8H2,1-3H3. The van der Waals surface area contributed by atoms with Crippen molar-refractivity contribution in [2.24, 2.45) is 17.0 Å². The minimum atomic E-state index is 0.615. The quantitative estimate of drug-likeness (QED) is 0.551. The Kier molecular flexibility index (Phi) is 3.54. The maximum Gasteiger partial charge on any atom is 0.167 e. The number of rotatable bonds is 3. The van der Waals surface area contributed by atoms with Crippen LogP contribution >= 0.6 is 11.3 Å². The van der Waals surface area contributed by atoms with Gasteiger partial charge in [-0.25, -0.2) is 14.5 Å². The average molecular weight is 375 g/mol. The zero-order chi connectivity index (χ0) is 18.5. The molecule has 1 aliphatic rings. The van der Waals surface area contributed by atoms with E-state index in [1.165, 1.54) is 0 Å². The van der Waals surface area contributed by atoms with Gasteiger partial charge in [0.2, 0.25) is 0 Å². The van der Waals surface area contributed by atoms with Gasteiger partial charge in [0.05, 0.1) is 40.1 Å². The molecule has 1 aliphatic heterocycles. The number of thiazole rings is 1. The van der Waals surface area contributed by atoms with Crippen LogP contribution < -0.4 is 0 Å². The molecule has 0 fully saturated rings. The highest BCUT2D eigenvalue weighted by atomic mass is 32.1. The van der Waals surface area contributed by atoms with Gasteiger partial charge in [0.1, 0.15) is 5.01 Å². The Hall–Kier alpha value is -3.13. The zero-order valence-electron chi connectivity index (χ0n) is 15.2. The number of amidine groups is 1. The molecule has 0 saturated heterocycles. The lowest BCUT2D eigenvalue weighted by Gasteiger charge is -2.00. The van der Waals surface area contributed by atoms with Gasteiger partial charge in [-0.1, -0.05) is 6.07 Å². The van der Waals surface area contributed by atoms with Crippen molar-refractivity contribution in [2.45, 2.75) is 13.8 Å². The van der Waals surface area contributed by atoms with E-state index in [-0.39, 0.29) is 0 Å². The molecule has 5 rings (SSSR count). The monoisotopic (exact) mass is 375 g/mol. The normalized spacial score (nSPS) is 13.7. The van der Waals surface area contributed by atoms with Crippen molar-refractivity contribution in [3.63, 3.8) is 0 Å². The second-order valence-electron chi connectivity index (χ2n) is 6.43. The van der Waals surface area contributed by atoms with Crippen molar-refractivity contribution in [1.82, 2.24) is 24.4 Å². The molecule has 0 atom stereocenters. The third kappa shape index (κ3) is 2.44. The van der Waals surface area contributed by atoms with Gasteiger partial charge < -0.3 is 0 Å². The third-order valence-corrected chi connectivity index (χ3v) is 5.85. The van der Waals surface area contributed by atoms with E-state index in [0.717, 1.165) is 49.4 Å². The molecular weight excluding hydrogens is 358 g/mol. The minimum Gasteiger partial charge on any atom is -0.272 e. The maximum absolute atomic E-state index is 5.01. The van der Waals surface area contributed by atoms with E-state index >= 15 is 0 Å². The average Bonchev–Trinajstić information content (AvgIpc) is 3.42. The van der Waals surface area contributed by atoms with Crippen LogP contribution in [0.15, 0.2) is 40.6 Å². The van der Waals surface area contributed by atoms with Crippen LogP contribution in [-0.4, -0.2) is 43.0 Å². The molecule has 134 valence electrons. The van der Waals surface area contributed by atoms with Gasteiger partial charge in [-0.2, -0.15) is 10.2 Å². The van der Waals surface area contributed by atoms with E-state index in [9.17, 15) is 0 Å². The molecule has 0 aliphatic carbocycles. The molecule has 0 amide bonds. The predicted octanol–water partition coefficient (Wildman–Crippen LogP) is 3.31. The van der Waals surface area contributed by atoms with E-state index in [1.807, 2.05) is 60.8 Å². The van der Waals surface area contributed by atoms with Gasteiger partial charge in [-0.15, -0.1) is 11.3 Å². The van der Waals surface area contributed by atoms with Crippen LogP contribution in [0.1, 0.15) is 16.3 Å². The number of aliphatic imine (C=N–C) groups is 2. The van der Waals surface area contributed by atoms with E-state index in [4.69, 9.17) is 4.98 Å². The van der Waals surface area contributed by atoms with Crippen LogP contribution in [0.2, 0.25) is 0 Å². The topological polar surface area (TPSA) is 72.7 Å². The summed E-state index contributed by atoms with van der Waals surface area (Å²) in [4.78, 5) is 15.0. The summed E-state index contributed by atoms with van der Waals surface area (Å²) in [6, 6.07) is 6.06. The molecule has 27 heavy (non-hydrogen) atoms. The Morgan fingerprint density at radius 1 is 1.19 bits per heavy atom. The summed E-state index contributed by atoms with van der Waals surface area (Å²) in [5.74, 6) is 0.742. The highest BCUT2D eigenvalue weighted by Crippen LogP contribution is 2.38. The first kappa shape index (κ1) is 16.1. The maximum atomic E-state index is 5.01. The van der Waals surface area contributed by atoms with Crippen molar-refractivity contribution in [3.8, 4) is 21.8 Å². The molecule has 8 heteroatoms. The summed E-state index contributed by atoms with van der Waals surface area (Å²) in [5, 5.41) is 9.94. The van der Waals surface area contributed by atoms with Gasteiger partial charge in [-0.3, -0.25) is 9.67 Å². The lowest BCUT2D eigenvalue weighted by atomic mass is 10.1. The number of hydrogen-bond acceptors (Lipinski definition) is 6. The molecule has 0 spiro atoms. The first-order valence-corrected chi connectivity index (χ1v) is 9.46. The molecule has 0 unspecified atom stereocenters. The fourth-order valence-corrected chi connectivity index (χ4v) is 4.44. The fraction of sp³-hybridized carbons (Fsp3) is 0.211. The lowest BCUT2D eigenvalue weighted by molar-refractivity contribution is 0.740. The number of fused-ring (bicyclic) bond motifs is 1. The molecule has 0 saturated carbocycles. The largest absolute Gasteiger partial charge is 0.272 e. The molecule has 4 aromatic heterocycles. The van der Waals surface area contributed by atoms with Crippen molar-refractivity contribution in [3.05, 3.63) is 46.9 Å². The number of pyridine rings is 1. The van der Waals surface area contributed by atoms with Gasteiger partial charge in [0.25, 0.3) is 0 Å². The highest BCUT2D eigenvalue weighted by molar-refractivity contribution is 7.17. The van der Waals surface area contributed by atoms with Crippen LogP contribution in [0.3, 0.4) is 0 Å². The van der Waals surface area contributed by atoms with Crippen LogP contribution in [0.5, 0.6) is 0 Å². The SMILES string of the molecule is Cc1nn2ccccc2c1-c1nc(-c2cnn(C)c2C)c(C2=NCC=N2)s1. The zero-order valence-corrected chi connectivity index (χ0v) is 16.0. The summed E-state index contributed by atoms with van der Waals surface area (Å²) in [5.41, 5.74) is 6.00. The van der Waals surface area contributed by atoms with E-state index in [1.54, 1.807) is 11.3 Å². The first-order valence-electron chi connectivity index (χ1n) is 8.65. The number of nitrogens with zero attached hydrogens (tertiary/aromatic N) is 7. The van der Waals surface area contributed by atoms with E-state index in [0.29, 0.717) is 6.54 Å². The smallest absolute Gasteiger partial charge is 0.167 e. The summed E-state index contributed by atoms with van der Waals surface area (Å²) in [7, 11) is 1.94. The second-order valence-corrected chi connectivity index (χ2v) is 7.43. The van der Waals surface area contributed by atoms with Gasteiger partial charge in [0.15, 0.2) is 5.84 Å². The molecule has 5 heterocycles. The number of hydrogen-bond donors (Lipinski definition) is 0.